The van der Waals surface area contributed by atoms with Gasteiger partial charge < -0.3 is 19.0 Å². The average Bonchev–Trinajstić information content (AvgIpc) is 3.21. The second kappa shape index (κ2) is 9.04. The van der Waals surface area contributed by atoms with E-state index in [4.69, 9.17) is 9.15 Å². The Morgan fingerprint density at radius 3 is 2.44 bits per heavy atom. The molecule has 1 saturated heterocycles. The van der Waals surface area contributed by atoms with E-state index >= 15 is 0 Å². The van der Waals surface area contributed by atoms with E-state index in [-0.39, 0.29) is 17.9 Å². The second-order valence-electron chi connectivity index (χ2n) is 6.53. The van der Waals surface area contributed by atoms with E-state index in [9.17, 15) is 9.59 Å². The van der Waals surface area contributed by atoms with Crippen molar-refractivity contribution >= 4 is 11.8 Å². The Kier molecular flexibility index (Phi) is 7.05. The molecule has 140 valence electrons. The summed E-state index contributed by atoms with van der Waals surface area (Å²) < 4.78 is 11.2. The largest absolute Gasteiger partial charge is 0.466 e. The molecule has 0 unspecified atom stereocenters. The molecule has 2 heterocycles. The maximum atomic E-state index is 13.0. The van der Waals surface area contributed by atoms with Crippen LogP contribution in [0.2, 0.25) is 0 Å². The Hall–Kier alpha value is -1.82. The van der Waals surface area contributed by atoms with Gasteiger partial charge >= 0.3 is 0 Å². The van der Waals surface area contributed by atoms with Gasteiger partial charge in [0.15, 0.2) is 0 Å². The monoisotopic (exact) mass is 350 g/mol. The van der Waals surface area contributed by atoms with Gasteiger partial charge in [0, 0.05) is 39.2 Å². The number of aryl methyl sites for hydroxylation is 2. The molecule has 1 aliphatic rings. The zero-order valence-electron chi connectivity index (χ0n) is 15.8. The first-order valence-corrected chi connectivity index (χ1v) is 9.21. The van der Waals surface area contributed by atoms with Crippen molar-refractivity contribution in [3.05, 3.63) is 23.2 Å². The molecule has 2 rings (SSSR count). The standard InChI is InChI=1S/C19H30N2O4/c1-5-20(6-2)18(22)9-10-21(13-16-8-7-11-24-16)19(23)17-12-14(3)25-15(17)4/h12,16H,5-11,13H2,1-4H3/t16-/m1/s1. The molecule has 25 heavy (non-hydrogen) atoms. The van der Waals surface area contributed by atoms with Crippen molar-refractivity contribution < 1.29 is 18.7 Å². The van der Waals surface area contributed by atoms with Crippen LogP contribution in [-0.2, 0) is 9.53 Å². The summed E-state index contributed by atoms with van der Waals surface area (Å²) in [5.74, 6) is 1.33. The topological polar surface area (TPSA) is 63.0 Å². The minimum Gasteiger partial charge on any atom is -0.466 e. The molecule has 1 atom stereocenters. The van der Waals surface area contributed by atoms with Crippen LogP contribution in [-0.4, -0.2) is 60.5 Å². The van der Waals surface area contributed by atoms with Gasteiger partial charge in [0.1, 0.15) is 11.5 Å². The summed E-state index contributed by atoms with van der Waals surface area (Å²) in [5, 5.41) is 0. The van der Waals surface area contributed by atoms with Crippen LogP contribution in [0.5, 0.6) is 0 Å². The van der Waals surface area contributed by atoms with Crippen molar-refractivity contribution in [3.8, 4) is 0 Å². The Morgan fingerprint density at radius 1 is 1.20 bits per heavy atom. The second-order valence-corrected chi connectivity index (χ2v) is 6.53. The quantitative estimate of drug-likeness (QED) is 0.723. The van der Waals surface area contributed by atoms with Gasteiger partial charge in [0.2, 0.25) is 5.91 Å². The maximum Gasteiger partial charge on any atom is 0.257 e. The Labute approximate surface area is 150 Å². The summed E-state index contributed by atoms with van der Waals surface area (Å²) in [6.07, 6.45) is 2.36. The van der Waals surface area contributed by atoms with E-state index in [1.54, 1.807) is 22.8 Å². The zero-order valence-corrected chi connectivity index (χ0v) is 15.8. The molecule has 0 bridgehead atoms. The van der Waals surface area contributed by atoms with Gasteiger partial charge in [0.25, 0.3) is 5.91 Å². The Bertz CT molecular complexity index is 586. The summed E-state index contributed by atoms with van der Waals surface area (Å²) in [4.78, 5) is 28.8. The third kappa shape index (κ3) is 5.08. The predicted octanol–water partition coefficient (Wildman–Crippen LogP) is 2.78. The number of carbonyl (C=O) groups excluding carboxylic acids is 2. The molecule has 1 aromatic heterocycles. The number of furan rings is 1. The molecule has 1 aliphatic heterocycles. The van der Waals surface area contributed by atoms with Gasteiger partial charge in [-0.25, -0.2) is 0 Å². The van der Waals surface area contributed by atoms with Crippen molar-refractivity contribution in [2.75, 3.05) is 32.8 Å². The molecule has 0 aliphatic carbocycles. The van der Waals surface area contributed by atoms with Crippen LogP contribution >= 0.6 is 0 Å². The summed E-state index contributed by atoms with van der Waals surface area (Å²) in [6, 6.07) is 1.77. The third-order valence-corrected chi connectivity index (χ3v) is 4.72. The van der Waals surface area contributed by atoms with E-state index < -0.39 is 0 Å². The van der Waals surface area contributed by atoms with E-state index in [1.807, 2.05) is 20.8 Å². The lowest BCUT2D eigenvalue weighted by atomic mass is 10.1. The van der Waals surface area contributed by atoms with Gasteiger partial charge in [-0.05, 0) is 46.6 Å². The zero-order chi connectivity index (χ0) is 18.4. The SMILES string of the molecule is CCN(CC)C(=O)CCN(C[C@H]1CCCO1)C(=O)c1cc(C)oc1C. The van der Waals surface area contributed by atoms with Gasteiger partial charge in [-0.3, -0.25) is 9.59 Å². The number of hydrogen-bond acceptors (Lipinski definition) is 4. The number of hydrogen-bond donors (Lipinski definition) is 0. The average molecular weight is 350 g/mol. The molecule has 6 heteroatoms. The summed E-state index contributed by atoms with van der Waals surface area (Å²) in [5.41, 5.74) is 0.575. The van der Waals surface area contributed by atoms with E-state index in [2.05, 4.69) is 0 Å². The van der Waals surface area contributed by atoms with Crippen LogP contribution in [0.4, 0.5) is 0 Å². The number of amides is 2. The number of carbonyl (C=O) groups is 2. The lowest BCUT2D eigenvalue weighted by molar-refractivity contribution is -0.131. The molecule has 6 nitrogen and oxygen atoms in total. The fourth-order valence-electron chi connectivity index (χ4n) is 3.29. The molecule has 0 saturated carbocycles. The van der Waals surface area contributed by atoms with Crippen LogP contribution in [0.3, 0.4) is 0 Å². The highest BCUT2D eigenvalue weighted by molar-refractivity contribution is 5.95. The maximum absolute atomic E-state index is 13.0. The molecular weight excluding hydrogens is 320 g/mol. The van der Waals surface area contributed by atoms with E-state index in [0.29, 0.717) is 43.9 Å². The van der Waals surface area contributed by atoms with Crippen molar-refractivity contribution in [3.63, 3.8) is 0 Å². The molecule has 0 N–H and O–H groups in total. The highest BCUT2D eigenvalue weighted by atomic mass is 16.5. The van der Waals surface area contributed by atoms with Crippen LogP contribution in [0.15, 0.2) is 10.5 Å². The molecule has 2 amide bonds. The fourth-order valence-corrected chi connectivity index (χ4v) is 3.29. The molecule has 0 spiro atoms. The smallest absolute Gasteiger partial charge is 0.257 e. The lowest BCUT2D eigenvalue weighted by Crippen LogP contribution is -2.40. The minimum atomic E-state index is -0.0859. The van der Waals surface area contributed by atoms with Crippen LogP contribution < -0.4 is 0 Å². The number of rotatable bonds is 8. The summed E-state index contributed by atoms with van der Waals surface area (Å²) in [6.45, 7) is 10.6. The van der Waals surface area contributed by atoms with Gasteiger partial charge in [-0.2, -0.15) is 0 Å². The Morgan fingerprint density at radius 2 is 1.92 bits per heavy atom. The van der Waals surface area contributed by atoms with Gasteiger partial charge in [-0.15, -0.1) is 0 Å². The molecule has 0 radical (unpaired) electrons. The van der Waals surface area contributed by atoms with E-state index in [1.165, 1.54) is 0 Å². The van der Waals surface area contributed by atoms with Gasteiger partial charge in [0.05, 0.1) is 11.7 Å². The molecule has 1 aromatic rings. The first-order valence-electron chi connectivity index (χ1n) is 9.21. The first kappa shape index (κ1) is 19.5. The van der Waals surface area contributed by atoms with Crippen molar-refractivity contribution in [2.24, 2.45) is 0 Å². The van der Waals surface area contributed by atoms with Crippen molar-refractivity contribution in [1.29, 1.82) is 0 Å². The van der Waals surface area contributed by atoms with Crippen LogP contribution in [0, 0.1) is 13.8 Å². The molecular formula is C19H30N2O4. The summed E-state index contributed by atoms with van der Waals surface area (Å²) in [7, 11) is 0. The molecule has 0 aromatic carbocycles. The summed E-state index contributed by atoms with van der Waals surface area (Å²) >= 11 is 0. The third-order valence-electron chi connectivity index (χ3n) is 4.72. The van der Waals surface area contributed by atoms with Crippen molar-refractivity contribution in [2.45, 2.75) is 53.1 Å². The van der Waals surface area contributed by atoms with Crippen molar-refractivity contribution in [1.82, 2.24) is 9.80 Å². The number of nitrogens with zero attached hydrogens (tertiary/aromatic N) is 2. The van der Waals surface area contributed by atoms with Gasteiger partial charge in [-0.1, -0.05) is 0 Å². The first-order chi connectivity index (χ1) is 12.0. The fraction of sp³-hybridized carbons (Fsp3) is 0.684. The lowest BCUT2D eigenvalue weighted by Gasteiger charge is -2.26. The predicted molar refractivity (Wildman–Crippen MR) is 95.6 cm³/mol. The minimum absolute atomic E-state index is 0.0563. The highest BCUT2D eigenvalue weighted by Gasteiger charge is 2.26. The highest BCUT2D eigenvalue weighted by Crippen LogP contribution is 2.19. The normalized spacial score (nSPS) is 16.9. The van der Waals surface area contributed by atoms with E-state index in [0.717, 1.165) is 25.2 Å². The van der Waals surface area contributed by atoms with Crippen LogP contribution in [0.25, 0.3) is 0 Å². The van der Waals surface area contributed by atoms with Crippen LogP contribution in [0.1, 0.15) is 55.0 Å². The number of ether oxygens (including phenoxy) is 1. The molecule has 1 fully saturated rings. The Balaban J connectivity index is 2.08.